The lowest BCUT2D eigenvalue weighted by Gasteiger charge is -2.28. The molecular weight excluding hydrogens is 1260 g/mol. The van der Waals surface area contributed by atoms with Gasteiger partial charge in [-0.1, -0.05) is 123 Å². The quantitative estimate of drug-likeness (QED) is 0.0209. The third-order valence-electron chi connectivity index (χ3n) is 18.5. The summed E-state index contributed by atoms with van der Waals surface area (Å²) in [6.07, 6.45) is 7.19. The zero-order valence-electron chi connectivity index (χ0n) is 56.0. The first-order chi connectivity index (χ1) is 48.0. The first kappa shape index (κ1) is 72.9. The Morgan fingerprint density at radius 2 is 0.798 bits per heavy atom. The lowest BCUT2D eigenvalue weighted by molar-refractivity contribution is -0.144. The van der Waals surface area contributed by atoms with E-state index in [0.717, 1.165) is 55.0 Å². The number of aromatic nitrogens is 3. The molecule has 0 radical (unpaired) electrons. The van der Waals surface area contributed by atoms with E-state index in [4.69, 9.17) is 21.9 Å². The molecule has 99 heavy (non-hydrogen) atoms. The van der Waals surface area contributed by atoms with E-state index in [9.17, 15) is 38.7 Å². The molecule has 18 N–H and O–H groups in total. The molecule has 3 heterocycles. The summed E-state index contributed by atoms with van der Waals surface area (Å²) in [5.41, 5.74) is 26.1. The number of nitrogens with one attached hydrogen (secondary N) is 11. The summed E-state index contributed by atoms with van der Waals surface area (Å²) in [6.45, 7) is 3.76. The van der Waals surface area contributed by atoms with Crippen molar-refractivity contribution in [1.82, 2.24) is 57.5 Å². The zero-order valence-corrected chi connectivity index (χ0v) is 56.0. The highest BCUT2D eigenvalue weighted by Crippen LogP contribution is 2.44. The second kappa shape index (κ2) is 35.8. The van der Waals surface area contributed by atoms with Crippen molar-refractivity contribution in [3.05, 3.63) is 168 Å². The van der Waals surface area contributed by atoms with Crippen LogP contribution in [0.5, 0.6) is 0 Å². The summed E-state index contributed by atoms with van der Waals surface area (Å²) in [5, 5.41) is 34.7. The molecule has 0 spiro atoms. The van der Waals surface area contributed by atoms with Gasteiger partial charge in [0.25, 0.3) is 0 Å². The van der Waals surface area contributed by atoms with Crippen LogP contribution in [0.15, 0.2) is 140 Å². The SMILES string of the molecule is CC[C@H](C)[C@H](NC(=O)[C@@H](CCCCN)NC(=O)[C@@H](Cc1c[nH]c2ccccc12)NC(=O)[C@@H](Cc1c[nH]c2ccccc12)NC(=O)[C@@H](CCCCN)NC(=O)[C@@H](CCCCN)NC(=O)[C@@H](Cc1c[nH]c2ccccc12)NC(=O)CNC(=O)OCC1c2ccccc2-c2ccccc21)C(=O)O. The molecule has 25 nitrogen and oxygen atoms in total. The molecule has 0 saturated carbocycles. The van der Waals surface area contributed by atoms with E-state index < -0.39 is 108 Å². The van der Waals surface area contributed by atoms with Crippen molar-refractivity contribution in [2.24, 2.45) is 23.1 Å². The van der Waals surface area contributed by atoms with Gasteiger partial charge >= 0.3 is 12.1 Å². The molecule has 0 aliphatic heterocycles. The molecular formula is C74H92N14O11. The van der Waals surface area contributed by atoms with E-state index in [1.165, 1.54) is 0 Å². The Hall–Kier alpha value is -10.4. The molecule has 0 bridgehead atoms. The van der Waals surface area contributed by atoms with E-state index >= 15 is 9.59 Å². The second-order valence-corrected chi connectivity index (χ2v) is 25.4. The summed E-state index contributed by atoms with van der Waals surface area (Å²) in [7, 11) is 0. The summed E-state index contributed by atoms with van der Waals surface area (Å²) in [5.74, 6) is -7.20. The molecule has 25 heteroatoms. The lowest BCUT2D eigenvalue weighted by atomic mass is 9.98. The monoisotopic (exact) mass is 1350 g/mol. The summed E-state index contributed by atoms with van der Waals surface area (Å²) in [6, 6.07) is 28.7. The highest BCUT2D eigenvalue weighted by atomic mass is 16.5. The number of aliphatic carboxylic acids is 1. The molecule has 1 aliphatic carbocycles. The fourth-order valence-corrected chi connectivity index (χ4v) is 12.8. The summed E-state index contributed by atoms with van der Waals surface area (Å²) >= 11 is 0. The van der Waals surface area contributed by atoms with Gasteiger partial charge < -0.3 is 84.5 Å². The van der Waals surface area contributed by atoms with E-state index in [1.807, 2.05) is 121 Å². The van der Waals surface area contributed by atoms with Crippen molar-refractivity contribution >= 4 is 86.1 Å². The van der Waals surface area contributed by atoms with Crippen molar-refractivity contribution in [3.8, 4) is 11.1 Å². The molecule has 5 aromatic carbocycles. The number of unbranched alkanes of at least 4 members (excludes halogenated alkanes) is 3. The zero-order chi connectivity index (χ0) is 70.4. The number of aromatic amines is 3. The normalized spacial score (nSPS) is 14.3. The highest BCUT2D eigenvalue weighted by molar-refractivity contribution is 5.99. The minimum absolute atomic E-state index is 0.00519. The number of fused-ring (bicyclic) bond motifs is 6. The molecule has 0 unspecified atom stereocenters. The van der Waals surface area contributed by atoms with Crippen molar-refractivity contribution in [2.45, 2.75) is 146 Å². The van der Waals surface area contributed by atoms with Gasteiger partial charge in [-0.15, -0.1) is 0 Å². The molecule has 0 saturated heterocycles. The standard InChI is InChI=1S/C74H92N14O11/c1-3-44(2)66(73(96)97)88-69(92)61(32-16-19-35-77)85-71(94)63(37-46-40-79-57-28-12-9-21-49(46)57)87-72(95)64(38-47-41-80-58-29-13-10-22-50(47)58)86-68(91)60(31-15-18-34-76)83-67(90)59(30-14-17-33-75)84-70(93)62(36-45-39-78-56-27-11-8-20-48(45)56)82-65(89)42-81-74(98)99-43-55-53-25-6-4-23-51(53)52-24-5-7-26-54(52)55/h4-13,20-29,39-41,44,55,59-64,66,78-80H,3,14-19,30-38,42-43,75-77H2,1-2H3,(H,81,98)(H,82,89)(H,83,90)(H,84,93)(H,85,94)(H,86,91)(H,87,95)(H,88,92)(H,96,97)/t44-,59+,60+,61+,62+,63+,64+,66-/m0/s1. The van der Waals surface area contributed by atoms with Gasteiger partial charge in [-0.25, -0.2) is 9.59 Å². The molecule has 0 fully saturated rings. The maximum absolute atomic E-state index is 15.3. The molecule has 3 aromatic heterocycles. The molecule has 524 valence electrons. The number of hydrogen-bond acceptors (Lipinski definition) is 13. The van der Waals surface area contributed by atoms with Gasteiger partial charge in [-0.2, -0.15) is 0 Å². The van der Waals surface area contributed by atoms with Gasteiger partial charge in [0, 0.05) is 76.5 Å². The Morgan fingerprint density at radius 1 is 0.455 bits per heavy atom. The van der Waals surface area contributed by atoms with Gasteiger partial charge in [0.2, 0.25) is 41.4 Å². The van der Waals surface area contributed by atoms with Crippen molar-refractivity contribution < 1.29 is 53.0 Å². The number of carbonyl (C=O) groups is 9. The van der Waals surface area contributed by atoms with Crippen LogP contribution < -0.4 is 59.7 Å². The number of benzene rings is 5. The number of ether oxygens (including phenoxy) is 1. The number of alkyl carbamates (subject to hydrolysis) is 1. The number of H-pyrrole nitrogens is 3. The van der Waals surface area contributed by atoms with E-state index in [0.29, 0.717) is 68.2 Å². The Labute approximate surface area is 574 Å². The average Bonchev–Trinajstić information content (AvgIpc) is 1.62. The molecule has 8 aromatic rings. The predicted octanol–water partition coefficient (Wildman–Crippen LogP) is 5.61. The fraction of sp³-hybridized carbons (Fsp3) is 0.392. The lowest BCUT2D eigenvalue weighted by Crippen LogP contribution is -2.60. The number of carboxylic acid groups (broad SMARTS) is 1. The summed E-state index contributed by atoms with van der Waals surface area (Å²) in [4.78, 5) is 139. The van der Waals surface area contributed by atoms with Crippen molar-refractivity contribution in [1.29, 1.82) is 0 Å². The number of carbonyl (C=O) groups excluding carboxylic acids is 8. The van der Waals surface area contributed by atoms with Gasteiger partial charge in [0.05, 0.1) is 0 Å². The van der Waals surface area contributed by atoms with Crippen molar-refractivity contribution in [2.75, 3.05) is 32.8 Å². The third-order valence-corrected chi connectivity index (χ3v) is 18.5. The minimum atomic E-state index is -1.42. The first-order valence-corrected chi connectivity index (χ1v) is 34.2. The van der Waals surface area contributed by atoms with Gasteiger partial charge in [-0.3, -0.25) is 33.6 Å². The van der Waals surface area contributed by atoms with Crippen LogP contribution in [-0.2, 0) is 62.4 Å². The third kappa shape index (κ3) is 19.3. The van der Waals surface area contributed by atoms with Crippen LogP contribution in [0.1, 0.15) is 112 Å². The Morgan fingerprint density at radius 3 is 1.18 bits per heavy atom. The number of nitrogens with two attached hydrogens (primary N) is 3. The van der Waals surface area contributed by atoms with E-state index in [1.54, 1.807) is 32.4 Å². The van der Waals surface area contributed by atoms with Crippen LogP contribution in [0.2, 0.25) is 0 Å². The van der Waals surface area contributed by atoms with Gasteiger partial charge in [0.1, 0.15) is 55.4 Å². The van der Waals surface area contributed by atoms with Crippen LogP contribution >= 0.6 is 0 Å². The van der Waals surface area contributed by atoms with E-state index in [2.05, 4.69) is 57.5 Å². The predicted molar refractivity (Wildman–Crippen MR) is 378 cm³/mol. The number of para-hydroxylation sites is 3. The maximum atomic E-state index is 15.3. The van der Waals surface area contributed by atoms with Crippen LogP contribution in [0.3, 0.4) is 0 Å². The van der Waals surface area contributed by atoms with Crippen LogP contribution in [-0.4, -0.2) is 149 Å². The largest absolute Gasteiger partial charge is 0.480 e. The van der Waals surface area contributed by atoms with Crippen LogP contribution in [0.25, 0.3) is 43.8 Å². The number of rotatable bonds is 38. The van der Waals surface area contributed by atoms with Crippen molar-refractivity contribution in [3.63, 3.8) is 0 Å². The van der Waals surface area contributed by atoms with Crippen LogP contribution in [0, 0.1) is 5.92 Å². The fourth-order valence-electron chi connectivity index (χ4n) is 12.8. The van der Waals surface area contributed by atoms with Gasteiger partial charge in [-0.05, 0) is 140 Å². The Bertz CT molecular complexity index is 4060. The molecule has 8 amide bonds. The first-order valence-electron chi connectivity index (χ1n) is 34.2. The van der Waals surface area contributed by atoms with Crippen LogP contribution in [0.4, 0.5) is 4.79 Å². The topological polar surface area (TPSA) is 405 Å². The number of hydrogen-bond donors (Lipinski definition) is 15. The summed E-state index contributed by atoms with van der Waals surface area (Å²) < 4.78 is 5.69. The molecule has 1 aliphatic rings. The molecule has 9 rings (SSSR count). The molecule has 8 atom stereocenters. The Kier molecular flexibility index (Phi) is 26.3. The Balaban J connectivity index is 0.951. The average molecular weight is 1350 g/mol. The highest BCUT2D eigenvalue weighted by Gasteiger charge is 2.37. The maximum Gasteiger partial charge on any atom is 0.407 e. The van der Waals surface area contributed by atoms with E-state index in [-0.39, 0.29) is 64.1 Å². The minimum Gasteiger partial charge on any atom is -0.480 e. The number of carboxylic acids is 1. The van der Waals surface area contributed by atoms with Gasteiger partial charge in [0.15, 0.2) is 0 Å². The smallest absolute Gasteiger partial charge is 0.407 e. The second-order valence-electron chi connectivity index (χ2n) is 25.4. The number of amides is 8.